The Morgan fingerprint density at radius 2 is 1.69 bits per heavy atom. The smallest absolute Gasteiger partial charge is 0.142 e. The molecule has 0 amide bonds. The Morgan fingerprint density at radius 3 is 2.31 bits per heavy atom. The molecule has 0 heterocycles. The van der Waals surface area contributed by atoms with Crippen LogP contribution in [-0.4, -0.2) is 0 Å². The second kappa shape index (κ2) is 4.64. The van der Waals surface area contributed by atoms with E-state index in [0.29, 0.717) is 5.56 Å². The molecular formula is C13H11ClFN. The highest BCUT2D eigenvalue weighted by molar-refractivity contribution is 6.30. The Bertz CT molecular complexity index is 485. The van der Waals surface area contributed by atoms with Gasteiger partial charge in [-0.3, -0.25) is 0 Å². The molecule has 0 aliphatic carbocycles. The summed E-state index contributed by atoms with van der Waals surface area (Å²) < 4.78 is 13.3. The van der Waals surface area contributed by atoms with E-state index in [1.54, 1.807) is 6.07 Å². The highest BCUT2D eigenvalue weighted by Gasteiger charge is 2.10. The molecule has 3 heteroatoms. The van der Waals surface area contributed by atoms with E-state index in [0.717, 1.165) is 5.56 Å². The normalized spacial score (nSPS) is 12.4. The number of hydrogen-bond acceptors (Lipinski definition) is 1. The Kier molecular flexibility index (Phi) is 3.22. The molecule has 1 atom stereocenters. The summed E-state index contributed by atoms with van der Waals surface area (Å²) in [7, 11) is 0. The summed E-state index contributed by atoms with van der Waals surface area (Å²) in [6, 6.07) is 13.9. The van der Waals surface area contributed by atoms with Crippen LogP contribution in [0.25, 0.3) is 0 Å². The van der Waals surface area contributed by atoms with Gasteiger partial charge in [0.1, 0.15) is 5.82 Å². The lowest BCUT2D eigenvalue weighted by atomic mass is 10.00. The van der Waals surface area contributed by atoms with Crippen molar-refractivity contribution in [3.05, 3.63) is 70.5 Å². The second-order valence-electron chi connectivity index (χ2n) is 3.56. The number of benzene rings is 2. The number of nitrogens with two attached hydrogens (primary N) is 1. The van der Waals surface area contributed by atoms with Crippen molar-refractivity contribution in [2.75, 3.05) is 0 Å². The summed E-state index contributed by atoms with van der Waals surface area (Å²) in [5, 5.41) is 0.115. The van der Waals surface area contributed by atoms with Crippen molar-refractivity contribution in [1.82, 2.24) is 0 Å². The fourth-order valence-corrected chi connectivity index (χ4v) is 1.68. The monoisotopic (exact) mass is 235 g/mol. The van der Waals surface area contributed by atoms with E-state index >= 15 is 0 Å². The van der Waals surface area contributed by atoms with E-state index in [1.807, 2.05) is 30.3 Å². The summed E-state index contributed by atoms with van der Waals surface area (Å²) in [4.78, 5) is 0. The molecule has 0 radical (unpaired) electrons. The third kappa shape index (κ3) is 2.23. The molecule has 82 valence electrons. The highest BCUT2D eigenvalue weighted by atomic mass is 35.5. The summed E-state index contributed by atoms with van der Waals surface area (Å²) in [6.45, 7) is 0. The molecule has 0 bridgehead atoms. The molecule has 1 unspecified atom stereocenters. The van der Waals surface area contributed by atoms with Crippen LogP contribution in [0, 0.1) is 5.82 Å². The summed E-state index contributed by atoms with van der Waals surface area (Å²) in [6.07, 6.45) is 0. The van der Waals surface area contributed by atoms with Gasteiger partial charge < -0.3 is 5.73 Å². The maximum absolute atomic E-state index is 13.3. The van der Waals surface area contributed by atoms with Crippen LogP contribution in [0.5, 0.6) is 0 Å². The molecule has 1 nitrogen and oxygen atoms in total. The zero-order valence-corrected chi connectivity index (χ0v) is 9.29. The van der Waals surface area contributed by atoms with Gasteiger partial charge in [-0.2, -0.15) is 0 Å². The van der Waals surface area contributed by atoms with Crippen LogP contribution in [0.3, 0.4) is 0 Å². The molecule has 2 aromatic carbocycles. The van der Waals surface area contributed by atoms with E-state index in [9.17, 15) is 4.39 Å². The van der Waals surface area contributed by atoms with Crippen LogP contribution in [-0.2, 0) is 0 Å². The number of rotatable bonds is 2. The Morgan fingerprint density at radius 1 is 1.00 bits per heavy atom. The predicted octanol–water partition coefficient (Wildman–Crippen LogP) is 3.53. The zero-order chi connectivity index (χ0) is 11.5. The largest absolute Gasteiger partial charge is 0.320 e. The molecule has 0 aliphatic rings. The molecular weight excluding hydrogens is 225 g/mol. The van der Waals surface area contributed by atoms with Gasteiger partial charge in [0.25, 0.3) is 0 Å². The first kappa shape index (κ1) is 11.1. The topological polar surface area (TPSA) is 26.0 Å². The first-order valence-corrected chi connectivity index (χ1v) is 5.32. The molecule has 0 saturated heterocycles. The minimum Gasteiger partial charge on any atom is -0.320 e. The molecule has 0 aliphatic heterocycles. The van der Waals surface area contributed by atoms with Gasteiger partial charge in [-0.15, -0.1) is 0 Å². The first-order chi connectivity index (χ1) is 7.68. The summed E-state index contributed by atoms with van der Waals surface area (Å²) >= 11 is 5.62. The van der Waals surface area contributed by atoms with Gasteiger partial charge in [0.05, 0.1) is 11.1 Å². The average molecular weight is 236 g/mol. The van der Waals surface area contributed by atoms with Gasteiger partial charge in [0, 0.05) is 0 Å². The van der Waals surface area contributed by atoms with E-state index in [1.165, 1.54) is 12.1 Å². The minimum atomic E-state index is -0.439. The van der Waals surface area contributed by atoms with Crippen LogP contribution >= 0.6 is 11.6 Å². The molecule has 0 spiro atoms. The molecule has 2 rings (SSSR count). The summed E-state index contributed by atoms with van der Waals surface area (Å²) in [5.41, 5.74) is 7.69. The van der Waals surface area contributed by atoms with E-state index in [2.05, 4.69) is 0 Å². The van der Waals surface area contributed by atoms with Gasteiger partial charge in [-0.1, -0.05) is 48.0 Å². The van der Waals surface area contributed by atoms with Gasteiger partial charge in [0.15, 0.2) is 0 Å². The SMILES string of the molecule is NC(c1ccccc1)c1ccc(Cl)c(F)c1. The van der Waals surface area contributed by atoms with Crippen molar-refractivity contribution < 1.29 is 4.39 Å². The Balaban J connectivity index is 2.34. The van der Waals surface area contributed by atoms with Gasteiger partial charge >= 0.3 is 0 Å². The van der Waals surface area contributed by atoms with Gasteiger partial charge in [-0.05, 0) is 23.3 Å². The highest BCUT2D eigenvalue weighted by Crippen LogP contribution is 2.23. The van der Waals surface area contributed by atoms with Crippen LogP contribution in [0.2, 0.25) is 5.02 Å². The standard InChI is InChI=1S/C13H11ClFN/c14-11-7-6-10(8-12(11)15)13(16)9-4-2-1-3-5-9/h1-8,13H,16H2. The van der Waals surface area contributed by atoms with Crippen molar-refractivity contribution >= 4 is 11.6 Å². The lowest BCUT2D eigenvalue weighted by molar-refractivity contribution is 0.624. The molecule has 0 saturated carbocycles. The second-order valence-corrected chi connectivity index (χ2v) is 3.97. The predicted molar refractivity (Wildman–Crippen MR) is 63.9 cm³/mol. The van der Waals surface area contributed by atoms with Crippen molar-refractivity contribution in [1.29, 1.82) is 0 Å². The summed E-state index contributed by atoms with van der Waals surface area (Å²) in [5.74, 6) is -0.439. The molecule has 0 fully saturated rings. The zero-order valence-electron chi connectivity index (χ0n) is 8.53. The molecule has 0 aromatic heterocycles. The van der Waals surface area contributed by atoms with E-state index in [-0.39, 0.29) is 11.1 Å². The maximum atomic E-state index is 13.3. The third-order valence-corrected chi connectivity index (χ3v) is 2.77. The first-order valence-electron chi connectivity index (χ1n) is 4.94. The van der Waals surface area contributed by atoms with E-state index in [4.69, 9.17) is 17.3 Å². The van der Waals surface area contributed by atoms with Crippen LogP contribution < -0.4 is 5.73 Å². The molecule has 2 N–H and O–H groups in total. The third-order valence-electron chi connectivity index (χ3n) is 2.46. The van der Waals surface area contributed by atoms with Crippen LogP contribution in [0.4, 0.5) is 4.39 Å². The van der Waals surface area contributed by atoms with Crippen molar-refractivity contribution in [2.45, 2.75) is 6.04 Å². The minimum absolute atomic E-state index is 0.115. The molecule has 16 heavy (non-hydrogen) atoms. The number of halogens is 2. The van der Waals surface area contributed by atoms with Crippen molar-refractivity contribution in [3.63, 3.8) is 0 Å². The van der Waals surface area contributed by atoms with Crippen LogP contribution in [0.1, 0.15) is 17.2 Å². The van der Waals surface area contributed by atoms with Gasteiger partial charge in [0.2, 0.25) is 0 Å². The van der Waals surface area contributed by atoms with Crippen molar-refractivity contribution in [3.8, 4) is 0 Å². The quantitative estimate of drug-likeness (QED) is 0.847. The lowest BCUT2D eigenvalue weighted by Crippen LogP contribution is -2.11. The fourth-order valence-electron chi connectivity index (χ4n) is 1.56. The lowest BCUT2D eigenvalue weighted by Gasteiger charge is -2.12. The Hall–Kier alpha value is -1.38. The Labute approximate surface area is 98.7 Å². The number of hydrogen-bond donors (Lipinski definition) is 1. The van der Waals surface area contributed by atoms with E-state index < -0.39 is 5.82 Å². The average Bonchev–Trinajstić information content (AvgIpc) is 2.33. The molecule has 2 aromatic rings. The van der Waals surface area contributed by atoms with Gasteiger partial charge in [-0.25, -0.2) is 4.39 Å². The maximum Gasteiger partial charge on any atom is 0.142 e. The van der Waals surface area contributed by atoms with Crippen molar-refractivity contribution in [2.24, 2.45) is 5.73 Å². The fraction of sp³-hybridized carbons (Fsp3) is 0.0769. The van der Waals surface area contributed by atoms with Crippen LogP contribution in [0.15, 0.2) is 48.5 Å².